The van der Waals surface area contributed by atoms with E-state index < -0.39 is 0 Å². The van der Waals surface area contributed by atoms with Crippen LogP contribution in [-0.4, -0.2) is 6.04 Å². The van der Waals surface area contributed by atoms with Gasteiger partial charge in [-0.1, -0.05) is 44.2 Å². The van der Waals surface area contributed by atoms with Crippen LogP contribution >= 0.6 is 0 Å². The molecule has 2 aromatic carbocycles. The van der Waals surface area contributed by atoms with Gasteiger partial charge in [0.15, 0.2) is 0 Å². The Kier molecular flexibility index (Phi) is 3.81. The Morgan fingerprint density at radius 2 is 1.95 bits per heavy atom. The molecule has 0 aromatic heterocycles. The Bertz CT molecular complexity index is 648. The Morgan fingerprint density at radius 3 is 2.67 bits per heavy atom. The van der Waals surface area contributed by atoms with Crippen molar-refractivity contribution in [2.45, 2.75) is 45.2 Å². The first kappa shape index (κ1) is 14.3. The second kappa shape index (κ2) is 5.61. The van der Waals surface area contributed by atoms with Gasteiger partial charge < -0.3 is 5.32 Å². The third-order valence-corrected chi connectivity index (χ3v) is 4.31. The molecule has 0 saturated heterocycles. The minimum absolute atomic E-state index is 0.0816. The van der Waals surface area contributed by atoms with E-state index in [9.17, 15) is 4.39 Å². The quantitative estimate of drug-likeness (QED) is 0.851. The summed E-state index contributed by atoms with van der Waals surface area (Å²) in [4.78, 5) is 0. The predicted octanol–water partition coefficient (Wildman–Crippen LogP) is 4.57. The normalized spacial score (nSPS) is 21.4. The molecule has 0 saturated carbocycles. The van der Waals surface area contributed by atoms with Crippen molar-refractivity contribution in [2.75, 3.05) is 0 Å². The number of hydrogen-bond donors (Lipinski definition) is 1. The summed E-state index contributed by atoms with van der Waals surface area (Å²) in [5, 5.41) is 3.62. The summed E-state index contributed by atoms with van der Waals surface area (Å²) in [5.41, 5.74) is 5.01. The summed E-state index contributed by atoms with van der Waals surface area (Å²) in [6.45, 7) is 6.60. The fraction of sp³-hybridized carbons (Fsp3) is 0.368. The predicted molar refractivity (Wildman–Crippen MR) is 85.1 cm³/mol. The fourth-order valence-corrected chi connectivity index (χ4v) is 3.15. The highest BCUT2D eigenvalue weighted by Crippen LogP contribution is 2.33. The summed E-state index contributed by atoms with van der Waals surface area (Å²) in [5.74, 6) is 0.330. The number of rotatable bonds is 2. The molecule has 2 aromatic rings. The molecule has 21 heavy (non-hydrogen) atoms. The molecule has 0 fully saturated rings. The van der Waals surface area contributed by atoms with Crippen molar-refractivity contribution in [1.29, 1.82) is 0 Å². The van der Waals surface area contributed by atoms with E-state index in [1.165, 1.54) is 22.8 Å². The van der Waals surface area contributed by atoms with Crippen LogP contribution in [0.4, 0.5) is 4.39 Å². The lowest BCUT2D eigenvalue weighted by molar-refractivity contribution is 0.462. The van der Waals surface area contributed by atoms with Gasteiger partial charge in [-0.25, -0.2) is 4.39 Å². The van der Waals surface area contributed by atoms with Crippen LogP contribution in [0.25, 0.3) is 0 Å². The van der Waals surface area contributed by atoms with Crippen LogP contribution < -0.4 is 5.32 Å². The van der Waals surface area contributed by atoms with Crippen molar-refractivity contribution >= 4 is 0 Å². The highest BCUT2D eigenvalue weighted by atomic mass is 19.1. The number of fused-ring (bicyclic) bond motifs is 1. The highest BCUT2D eigenvalue weighted by Gasteiger charge is 2.25. The number of benzene rings is 2. The first-order chi connectivity index (χ1) is 10.0. The number of halogens is 1. The standard InChI is InChI=1S/C19H22FN/c1-12(2)14-7-8-15-9-13(3)21-19(18(15)11-14)16-5-4-6-17(20)10-16/h4-8,10-13,19,21H,9H2,1-3H3. The van der Waals surface area contributed by atoms with Gasteiger partial charge in [-0.3, -0.25) is 0 Å². The Balaban J connectivity index is 2.09. The van der Waals surface area contributed by atoms with Gasteiger partial charge in [-0.15, -0.1) is 0 Å². The van der Waals surface area contributed by atoms with Crippen LogP contribution in [0.15, 0.2) is 42.5 Å². The van der Waals surface area contributed by atoms with E-state index in [0.717, 1.165) is 12.0 Å². The molecule has 2 unspecified atom stereocenters. The molecule has 1 nitrogen and oxygen atoms in total. The van der Waals surface area contributed by atoms with Crippen LogP contribution in [0.1, 0.15) is 55.0 Å². The van der Waals surface area contributed by atoms with Crippen LogP contribution in [0, 0.1) is 5.82 Å². The molecule has 2 heteroatoms. The van der Waals surface area contributed by atoms with Crippen molar-refractivity contribution in [3.63, 3.8) is 0 Å². The summed E-state index contributed by atoms with van der Waals surface area (Å²) in [6.07, 6.45) is 1.03. The zero-order valence-corrected chi connectivity index (χ0v) is 12.9. The second-order valence-corrected chi connectivity index (χ2v) is 6.37. The van der Waals surface area contributed by atoms with Gasteiger partial charge in [-0.05, 0) is 53.6 Å². The van der Waals surface area contributed by atoms with Gasteiger partial charge in [0, 0.05) is 6.04 Å². The van der Waals surface area contributed by atoms with Crippen molar-refractivity contribution < 1.29 is 4.39 Å². The third kappa shape index (κ3) is 2.86. The zero-order chi connectivity index (χ0) is 15.0. The Labute approximate surface area is 126 Å². The van der Waals surface area contributed by atoms with Crippen molar-refractivity contribution in [3.05, 3.63) is 70.5 Å². The SMILES string of the molecule is CC1Cc2ccc(C(C)C)cc2C(c2cccc(F)c2)N1. The molecule has 1 heterocycles. The molecule has 1 aliphatic rings. The van der Waals surface area contributed by atoms with E-state index >= 15 is 0 Å². The lowest BCUT2D eigenvalue weighted by Crippen LogP contribution is -2.38. The zero-order valence-electron chi connectivity index (χ0n) is 12.9. The fourth-order valence-electron chi connectivity index (χ4n) is 3.15. The maximum atomic E-state index is 13.6. The van der Waals surface area contributed by atoms with Gasteiger partial charge in [0.2, 0.25) is 0 Å². The van der Waals surface area contributed by atoms with E-state index in [2.05, 4.69) is 44.3 Å². The van der Waals surface area contributed by atoms with Crippen LogP contribution in [0.5, 0.6) is 0 Å². The molecule has 0 aliphatic carbocycles. The molecule has 0 amide bonds. The summed E-state index contributed by atoms with van der Waals surface area (Å²) >= 11 is 0. The van der Waals surface area contributed by atoms with E-state index in [0.29, 0.717) is 12.0 Å². The largest absolute Gasteiger partial charge is 0.303 e. The maximum absolute atomic E-state index is 13.6. The lowest BCUT2D eigenvalue weighted by Gasteiger charge is -2.32. The van der Waals surface area contributed by atoms with E-state index in [-0.39, 0.29) is 11.9 Å². The Hall–Kier alpha value is -1.67. The maximum Gasteiger partial charge on any atom is 0.123 e. The summed E-state index contributed by atoms with van der Waals surface area (Å²) < 4.78 is 13.6. The van der Waals surface area contributed by atoms with Crippen LogP contribution in [-0.2, 0) is 6.42 Å². The van der Waals surface area contributed by atoms with Gasteiger partial charge in [-0.2, -0.15) is 0 Å². The molecule has 2 atom stereocenters. The molecule has 0 radical (unpaired) electrons. The van der Waals surface area contributed by atoms with Gasteiger partial charge in [0.25, 0.3) is 0 Å². The molecule has 0 spiro atoms. The Morgan fingerprint density at radius 1 is 1.14 bits per heavy atom. The van der Waals surface area contributed by atoms with E-state index in [1.807, 2.05) is 6.07 Å². The van der Waals surface area contributed by atoms with Crippen molar-refractivity contribution in [2.24, 2.45) is 0 Å². The second-order valence-electron chi connectivity index (χ2n) is 6.37. The van der Waals surface area contributed by atoms with Crippen molar-refractivity contribution in [3.8, 4) is 0 Å². The smallest absolute Gasteiger partial charge is 0.123 e. The minimum atomic E-state index is -0.172. The van der Waals surface area contributed by atoms with Gasteiger partial charge >= 0.3 is 0 Å². The van der Waals surface area contributed by atoms with Crippen LogP contribution in [0.2, 0.25) is 0 Å². The monoisotopic (exact) mass is 283 g/mol. The van der Waals surface area contributed by atoms with Gasteiger partial charge in [0.05, 0.1) is 6.04 Å². The molecule has 1 aliphatic heterocycles. The summed E-state index contributed by atoms with van der Waals surface area (Å²) in [6, 6.07) is 14.2. The third-order valence-electron chi connectivity index (χ3n) is 4.31. The summed E-state index contributed by atoms with van der Waals surface area (Å²) in [7, 11) is 0. The molecule has 0 bridgehead atoms. The topological polar surface area (TPSA) is 12.0 Å². The minimum Gasteiger partial charge on any atom is -0.303 e. The first-order valence-electron chi connectivity index (χ1n) is 7.69. The lowest BCUT2D eigenvalue weighted by atomic mass is 9.84. The van der Waals surface area contributed by atoms with E-state index in [1.54, 1.807) is 12.1 Å². The van der Waals surface area contributed by atoms with E-state index in [4.69, 9.17) is 0 Å². The number of hydrogen-bond acceptors (Lipinski definition) is 1. The van der Waals surface area contributed by atoms with Crippen molar-refractivity contribution in [1.82, 2.24) is 5.32 Å². The molecular weight excluding hydrogens is 261 g/mol. The molecule has 110 valence electrons. The van der Waals surface area contributed by atoms with Gasteiger partial charge in [0.1, 0.15) is 5.82 Å². The number of nitrogens with one attached hydrogen (secondary N) is 1. The molecule has 3 rings (SSSR count). The average molecular weight is 283 g/mol. The first-order valence-corrected chi connectivity index (χ1v) is 7.69. The highest BCUT2D eigenvalue weighted by molar-refractivity contribution is 5.43. The van der Waals surface area contributed by atoms with Crippen LogP contribution in [0.3, 0.4) is 0 Å². The average Bonchev–Trinajstić information content (AvgIpc) is 2.45. The molecular formula is C19H22FN. The molecule has 1 N–H and O–H groups in total.